The van der Waals surface area contributed by atoms with Crippen molar-refractivity contribution in [1.82, 2.24) is 5.32 Å². The van der Waals surface area contributed by atoms with Crippen LogP contribution in [-0.2, 0) is 4.79 Å². The fourth-order valence-corrected chi connectivity index (χ4v) is 2.35. The maximum Gasteiger partial charge on any atom is 0.244 e. The molecule has 1 fully saturated rings. The minimum Gasteiger partial charge on any atom is -0.388 e. The second-order valence-electron chi connectivity index (χ2n) is 4.79. The average molecular weight is 300 g/mol. The lowest BCUT2D eigenvalue weighted by atomic mass is 9.80. The Bertz CT molecular complexity index is 510. The Hall–Kier alpha value is -1.03. The number of carbonyl (C=O) groups is 1. The molecule has 102 valence electrons. The number of amides is 1. The zero-order valence-corrected chi connectivity index (χ0v) is 11.8. The lowest BCUT2D eigenvalue weighted by molar-refractivity contribution is -0.118. The molecule has 5 heteroatoms. The summed E-state index contributed by atoms with van der Waals surface area (Å²) in [7, 11) is 0. The van der Waals surface area contributed by atoms with Crippen molar-refractivity contribution >= 4 is 35.2 Å². The van der Waals surface area contributed by atoms with Crippen LogP contribution in [-0.4, -0.2) is 23.2 Å². The molecule has 0 bridgehead atoms. The SMILES string of the molecule is O=C(/C=C/c1ccc(Cl)cc1Cl)NCC1(O)CCC1. The molecule has 1 aliphatic carbocycles. The summed E-state index contributed by atoms with van der Waals surface area (Å²) in [6, 6.07) is 5.08. The van der Waals surface area contributed by atoms with Gasteiger partial charge in [-0.15, -0.1) is 0 Å². The number of hydrogen-bond acceptors (Lipinski definition) is 2. The van der Waals surface area contributed by atoms with E-state index in [9.17, 15) is 9.90 Å². The topological polar surface area (TPSA) is 49.3 Å². The molecule has 1 amide bonds. The smallest absolute Gasteiger partial charge is 0.244 e. The van der Waals surface area contributed by atoms with Crippen LogP contribution in [0.1, 0.15) is 24.8 Å². The number of nitrogens with one attached hydrogen (secondary N) is 1. The van der Waals surface area contributed by atoms with Crippen molar-refractivity contribution in [2.24, 2.45) is 0 Å². The molecule has 0 spiro atoms. The maximum atomic E-state index is 11.6. The van der Waals surface area contributed by atoms with E-state index in [4.69, 9.17) is 23.2 Å². The van der Waals surface area contributed by atoms with Gasteiger partial charge in [-0.05, 0) is 43.0 Å². The molecule has 0 aliphatic heterocycles. The molecule has 0 saturated heterocycles. The Labute approximate surface area is 122 Å². The van der Waals surface area contributed by atoms with E-state index in [0.717, 1.165) is 24.8 Å². The van der Waals surface area contributed by atoms with Crippen LogP contribution in [0.25, 0.3) is 6.08 Å². The van der Waals surface area contributed by atoms with Gasteiger partial charge in [-0.3, -0.25) is 4.79 Å². The minimum absolute atomic E-state index is 0.244. The predicted octanol–water partition coefficient (Wildman–Crippen LogP) is 3.04. The first kappa shape index (κ1) is 14.4. The third-order valence-electron chi connectivity index (χ3n) is 3.25. The van der Waals surface area contributed by atoms with Crippen LogP contribution in [0.3, 0.4) is 0 Å². The van der Waals surface area contributed by atoms with Crippen LogP contribution in [0, 0.1) is 0 Å². The number of halogens is 2. The third-order valence-corrected chi connectivity index (χ3v) is 3.82. The fourth-order valence-electron chi connectivity index (χ4n) is 1.87. The largest absolute Gasteiger partial charge is 0.388 e. The van der Waals surface area contributed by atoms with E-state index < -0.39 is 5.60 Å². The summed E-state index contributed by atoms with van der Waals surface area (Å²) in [4.78, 5) is 11.6. The highest BCUT2D eigenvalue weighted by atomic mass is 35.5. The number of benzene rings is 1. The monoisotopic (exact) mass is 299 g/mol. The molecule has 3 nitrogen and oxygen atoms in total. The zero-order valence-electron chi connectivity index (χ0n) is 10.3. The standard InChI is InChI=1S/C14H15Cl2NO2/c15-11-4-2-10(12(16)8-11)3-5-13(18)17-9-14(19)6-1-7-14/h2-5,8,19H,1,6-7,9H2,(H,17,18)/b5-3+. The van der Waals surface area contributed by atoms with Gasteiger partial charge in [0.25, 0.3) is 0 Å². The molecule has 0 radical (unpaired) electrons. The summed E-state index contributed by atoms with van der Waals surface area (Å²) in [5, 5.41) is 13.6. The molecule has 1 aliphatic rings. The van der Waals surface area contributed by atoms with Gasteiger partial charge in [0.2, 0.25) is 5.91 Å². The Balaban J connectivity index is 1.89. The van der Waals surface area contributed by atoms with Crippen LogP contribution in [0.4, 0.5) is 0 Å². The number of aliphatic hydroxyl groups is 1. The summed E-state index contributed by atoms with van der Waals surface area (Å²) < 4.78 is 0. The van der Waals surface area contributed by atoms with E-state index in [1.54, 1.807) is 24.3 Å². The number of rotatable bonds is 4. The van der Waals surface area contributed by atoms with Gasteiger partial charge in [-0.25, -0.2) is 0 Å². The van der Waals surface area contributed by atoms with Crippen LogP contribution < -0.4 is 5.32 Å². The van der Waals surface area contributed by atoms with Gasteiger partial charge in [0.15, 0.2) is 0 Å². The van der Waals surface area contributed by atoms with Crippen molar-refractivity contribution in [3.05, 3.63) is 39.9 Å². The molecular formula is C14H15Cl2NO2. The van der Waals surface area contributed by atoms with Crippen LogP contribution in [0.15, 0.2) is 24.3 Å². The molecule has 2 N–H and O–H groups in total. The van der Waals surface area contributed by atoms with Gasteiger partial charge in [0.05, 0.1) is 5.60 Å². The molecular weight excluding hydrogens is 285 g/mol. The summed E-state index contributed by atoms with van der Waals surface area (Å²) >= 11 is 11.8. The molecule has 1 aromatic rings. The lowest BCUT2D eigenvalue weighted by Gasteiger charge is -2.36. The van der Waals surface area contributed by atoms with E-state index in [2.05, 4.69) is 5.32 Å². The summed E-state index contributed by atoms with van der Waals surface area (Å²) in [5.41, 5.74) is 0.0186. The van der Waals surface area contributed by atoms with Gasteiger partial charge < -0.3 is 10.4 Å². The van der Waals surface area contributed by atoms with Gasteiger partial charge in [-0.2, -0.15) is 0 Å². The summed E-state index contributed by atoms with van der Waals surface area (Å²) in [5.74, 6) is -0.244. The Morgan fingerprint density at radius 2 is 2.16 bits per heavy atom. The molecule has 0 unspecified atom stereocenters. The fraction of sp³-hybridized carbons (Fsp3) is 0.357. The molecule has 0 atom stereocenters. The van der Waals surface area contributed by atoms with Crippen LogP contribution in [0.5, 0.6) is 0 Å². The van der Waals surface area contributed by atoms with Gasteiger partial charge >= 0.3 is 0 Å². The van der Waals surface area contributed by atoms with Crippen LogP contribution in [0.2, 0.25) is 10.0 Å². The van der Waals surface area contributed by atoms with Gasteiger partial charge in [0, 0.05) is 22.7 Å². The van der Waals surface area contributed by atoms with E-state index in [1.165, 1.54) is 6.08 Å². The van der Waals surface area contributed by atoms with Crippen molar-refractivity contribution < 1.29 is 9.90 Å². The van der Waals surface area contributed by atoms with E-state index in [1.807, 2.05) is 0 Å². The highest BCUT2D eigenvalue weighted by molar-refractivity contribution is 6.35. The van der Waals surface area contributed by atoms with E-state index >= 15 is 0 Å². The second-order valence-corrected chi connectivity index (χ2v) is 5.64. The molecule has 1 saturated carbocycles. The Morgan fingerprint density at radius 3 is 2.74 bits per heavy atom. The molecule has 1 aromatic carbocycles. The number of carbonyl (C=O) groups excluding carboxylic acids is 1. The first-order valence-corrected chi connectivity index (χ1v) is 6.87. The highest BCUT2D eigenvalue weighted by Gasteiger charge is 2.34. The second kappa shape index (κ2) is 5.95. The molecule has 2 rings (SSSR count). The first-order chi connectivity index (χ1) is 8.98. The molecule has 19 heavy (non-hydrogen) atoms. The number of hydrogen-bond donors (Lipinski definition) is 2. The van der Waals surface area contributed by atoms with Crippen molar-refractivity contribution in [3.63, 3.8) is 0 Å². The Kier molecular flexibility index (Phi) is 4.50. The highest BCUT2D eigenvalue weighted by Crippen LogP contribution is 2.30. The van der Waals surface area contributed by atoms with Crippen molar-refractivity contribution in [2.45, 2.75) is 24.9 Å². The lowest BCUT2D eigenvalue weighted by Crippen LogP contribution is -2.47. The van der Waals surface area contributed by atoms with Crippen LogP contribution >= 0.6 is 23.2 Å². The van der Waals surface area contributed by atoms with E-state index in [-0.39, 0.29) is 5.91 Å². The third kappa shape index (κ3) is 3.96. The first-order valence-electron chi connectivity index (χ1n) is 6.12. The predicted molar refractivity (Wildman–Crippen MR) is 77.3 cm³/mol. The summed E-state index contributed by atoms with van der Waals surface area (Å²) in [6.07, 6.45) is 5.54. The van der Waals surface area contributed by atoms with Gasteiger partial charge in [-0.1, -0.05) is 29.3 Å². The van der Waals surface area contributed by atoms with Gasteiger partial charge in [0.1, 0.15) is 0 Å². The summed E-state index contributed by atoms with van der Waals surface area (Å²) in [6.45, 7) is 0.296. The molecule has 0 aromatic heterocycles. The Morgan fingerprint density at radius 1 is 1.42 bits per heavy atom. The van der Waals surface area contributed by atoms with Crippen molar-refractivity contribution in [2.75, 3.05) is 6.54 Å². The molecule has 0 heterocycles. The maximum absolute atomic E-state index is 11.6. The van der Waals surface area contributed by atoms with Crippen molar-refractivity contribution in [3.8, 4) is 0 Å². The van der Waals surface area contributed by atoms with Crippen molar-refractivity contribution in [1.29, 1.82) is 0 Å². The normalized spacial score (nSPS) is 17.2. The minimum atomic E-state index is -0.707. The average Bonchev–Trinajstić information content (AvgIpc) is 2.33. The van der Waals surface area contributed by atoms with E-state index in [0.29, 0.717) is 16.6 Å². The quantitative estimate of drug-likeness (QED) is 0.840. The zero-order chi connectivity index (χ0) is 13.9.